The number of rotatable bonds is 86. The lowest BCUT2D eigenvalue weighted by Crippen LogP contribution is -2.48. The van der Waals surface area contributed by atoms with Gasteiger partial charge >= 0.3 is 22.4 Å². The van der Waals surface area contributed by atoms with Crippen LogP contribution < -0.4 is 21.3 Å². The molecule has 6 unspecified atom stereocenters. The molecule has 0 rings (SSSR count). The predicted molar refractivity (Wildman–Crippen MR) is 460 cm³/mol. The summed E-state index contributed by atoms with van der Waals surface area (Å²) in [6.07, 6.45) is 58.1. The molecule has 6 atom stereocenters. The molecule has 25 heteroatoms. The molecule has 6 amide bonds. The van der Waals surface area contributed by atoms with E-state index in [-0.39, 0.29) is 87.9 Å². The van der Waals surface area contributed by atoms with E-state index >= 15 is 0 Å². The molecule has 10 N–H and O–H groups in total. The van der Waals surface area contributed by atoms with Crippen LogP contribution in [0.2, 0.25) is 0 Å². The van der Waals surface area contributed by atoms with Gasteiger partial charge in [-0.25, -0.2) is 4.79 Å². The number of nitrogens with one attached hydrogen (secondary N) is 4. The first-order valence-corrected chi connectivity index (χ1v) is 49.3. The van der Waals surface area contributed by atoms with Crippen molar-refractivity contribution in [3.8, 4) is 0 Å². The molecule has 0 spiro atoms. The van der Waals surface area contributed by atoms with E-state index in [1.165, 1.54) is 181 Å². The first-order chi connectivity index (χ1) is 54.1. The Morgan fingerprint density at radius 1 is 0.321 bits per heavy atom. The van der Waals surface area contributed by atoms with Gasteiger partial charge in [0.15, 0.2) is 12.6 Å². The van der Waals surface area contributed by atoms with E-state index in [4.69, 9.17) is 27.6 Å². The van der Waals surface area contributed by atoms with Gasteiger partial charge in [0, 0.05) is 66.0 Å². The van der Waals surface area contributed by atoms with Crippen LogP contribution in [0.1, 0.15) is 428 Å². The number of aliphatic hydroxyl groups is 2. The molecule has 0 aromatic heterocycles. The number of carbonyl (C=O) groups is 5. The molecule has 664 valence electrons. The van der Waals surface area contributed by atoms with Crippen LogP contribution in [0, 0.1) is 0 Å². The van der Waals surface area contributed by atoms with Gasteiger partial charge in [-0.05, 0) is 64.2 Å². The van der Waals surface area contributed by atoms with Crippen molar-refractivity contribution < 1.29 is 81.3 Å². The predicted octanol–water partition coefficient (Wildman–Crippen LogP) is 20.5. The minimum atomic E-state index is -4.54. The molecule has 0 aliphatic carbocycles. The molecule has 0 saturated heterocycles. The van der Waals surface area contributed by atoms with Gasteiger partial charge in [0.25, 0.3) is 0 Å². The molecule has 0 aromatic rings. The summed E-state index contributed by atoms with van der Waals surface area (Å²) in [5.41, 5.74) is 0. The molecule has 0 heterocycles. The summed E-state index contributed by atoms with van der Waals surface area (Å²) < 4.78 is 34.5. The van der Waals surface area contributed by atoms with Gasteiger partial charge < -0.3 is 50.8 Å². The van der Waals surface area contributed by atoms with Crippen molar-refractivity contribution in [1.29, 1.82) is 0 Å². The van der Waals surface area contributed by atoms with Gasteiger partial charge in [0.05, 0.1) is 24.3 Å². The summed E-state index contributed by atoms with van der Waals surface area (Å²) in [4.78, 5) is 114. The van der Waals surface area contributed by atoms with Crippen LogP contribution >= 0.6 is 16.3 Å². The van der Waals surface area contributed by atoms with Crippen LogP contribution in [-0.2, 0) is 46.7 Å². The second-order valence-corrected chi connectivity index (χ2v) is 35.1. The van der Waals surface area contributed by atoms with E-state index in [2.05, 4.69) is 62.8 Å². The Morgan fingerprint density at radius 3 is 0.821 bits per heavy atom. The van der Waals surface area contributed by atoms with Crippen molar-refractivity contribution in [2.75, 3.05) is 65.7 Å². The topological polar surface area (TPSA) is 317 Å². The zero-order chi connectivity index (χ0) is 82.7. The number of nitrogens with zero attached hydrogens (tertiary/aromatic N) is 2. The Balaban J connectivity index is 5.95. The second-order valence-electron chi connectivity index (χ2n) is 32.1. The van der Waals surface area contributed by atoms with Crippen molar-refractivity contribution in [3.63, 3.8) is 0 Å². The van der Waals surface area contributed by atoms with Crippen LogP contribution in [0.15, 0.2) is 0 Å². The minimum absolute atomic E-state index is 0.00164. The van der Waals surface area contributed by atoms with Crippen LogP contribution in [0.4, 0.5) is 4.79 Å². The largest absolute Gasteiger partial charge is 0.570 e. The quantitative estimate of drug-likeness (QED) is 0.0154. The van der Waals surface area contributed by atoms with E-state index in [0.717, 1.165) is 154 Å². The van der Waals surface area contributed by atoms with Gasteiger partial charge in [-0.2, -0.15) is 37.7 Å². The van der Waals surface area contributed by atoms with E-state index in [1.54, 1.807) is 9.80 Å². The lowest BCUT2D eigenvalue weighted by atomic mass is 10.0. The highest BCUT2D eigenvalue weighted by Crippen LogP contribution is 2.53. The normalized spacial score (nSPS) is 13.6. The third-order valence-corrected chi connectivity index (χ3v) is 23.2. The molecule has 112 heavy (non-hydrogen) atoms. The maximum absolute atomic E-state index is 13.6. The molecule has 0 fully saturated rings. The number of hydrogen-bond donors (Lipinski definition) is 10. The standard InChI is InChI=1S/C87H174N6O17P2/c1-9-15-21-27-31-35-37-41-43-49-55-61-83(96)90-79(73-92(77(7)94)69-65-81(59-53-47-25-19-13-5)109-85(98)63-57-51-45-39-33-29-23-17-11-3)75-107-111(101,102)105-71-67-88-87(100)89-68-72-106-112(103,104)108-76-80(91-84(97)62-56-50-44-42-38-36-32-28-22-16-10-2)74-93(78(8)95)70-66-82(60-54-48-26-20-14-6)110-86(99)64-58-52-46-40-34-30-24-18-12-4/h79-82,85-86,98-99,101-104H,9-76H2,1-8H3,(H2-2,88,89,90,91,96,97,100)/p+2. The maximum atomic E-state index is 13.6. The summed E-state index contributed by atoms with van der Waals surface area (Å²) in [7, 11) is -9.09. The van der Waals surface area contributed by atoms with Crippen molar-refractivity contribution in [1.82, 2.24) is 31.1 Å². The fraction of sp³-hybridized carbons (Fsp3) is 0.943. The summed E-state index contributed by atoms with van der Waals surface area (Å²) in [6, 6.07) is -2.42. The Bertz CT molecular complexity index is 2010. The van der Waals surface area contributed by atoms with Crippen molar-refractivity contribution in [2.24, 2.45) is 0 Å². The van der Waals surface area contributed by atoms with Crippen LogP contribution in [0.5, 0.6) is 0 Å². The van der Waals surface area contributed by atoms with Gasteiger partial charge in [-0.3, -0.25) is 19.2 Å². The van der Waals surface area contributed by atoms with Gasteiger partial charge in [-0.1, -0.05) is 337 Å². The fourth-order valence-corrected chi connectivity index (χ4v) is 15.7. The highest BCUT2D eigenvalue weighted by atomic mass is 31.2. The monoisotopic (exact) mass is 1640 g/mol. The second kappa shape index (κ2) is 78.4. The molecule has 0 aliphatic rings. The molecule has 0 aromatic carbocycles. The SMILES string of the molecule is CCCCCCCCCCCCCC(=O)NC(CO[P+](O)(O)OCCNC(=O)NCCO[P+](O)(O)OCC(CN(CCC(CCCCCCC)OC(O)CCCCCCCCCCC)C(C)=O)NC(=O)CCCCCCCCCCCCC)CN(CCC(CCCCCCC)OC(O)CCCCCCCCCCC)C(C)=O. The van der Waals surface area contributed by atoms with Crippen molar-refractivity contribution in [3.05, 3.63) is 0 Å². The molecular weight excluding hydrogens is 1460 g/mol. The number of carbonyl (C=O) groups excluding carboxylic acids is 5. The fourth-order valence-electron chi connectivity index (χ4n) is 14.2. The molecule has 0 aliphatic heterocycles. The molecule has 0 radical (unpaired) electrons. The maximum Gasteiger partial charge on any atom is 0.570 e. The Hall–Kier alpha value is -2.47. The number of ether oxygens (including phenoxy) is 2. The van der Waals surface area contributed by atoms with E-state index in [0.29, 0.717) is 38.5 Å². The van der Waals surface area contributed by atoms with Crippen LogP contribution in [0.25, 0.3) is 0 Å². The van der Waals surface area contributed by atoms with Gasteiger partial charge in [0.1, 0.15) is 26.4 Å². The van der Waals surface area contributed by atoms with Gasteiger partial charge in [-0.15, -0.1) is 0 Å². The Morgan fingerprint density at radius 2 is 0.562 bits per heavy atom. The zero-order valence-electron chi connectivity index (χ0n) is 73.0. The average molecular weight is 1640 g/mol. The van der Waals surface area contributed by atoms with E-state index in [9.17, 15) is 53.8 Å². The van der Waals surface area contributed by atoms with Crippen molar-refractivity contribution in [2.45, 2.75) is 465 Å². The first-order valence-electron chi connectivity index (χ1n) is 46.2. The number of hydrogen-bond acceptors (Lipinski definition) is 17. The number of aliphatic hydroxyl groups excluding tert-OH is 2. The lowest BCUT2D eigenvalue weighted by molar-refractivity contribution is -0.147. The summed E-state index contributed by atoms with van der Waals surface area (Å²) in [5.74, 6) is -1.02. The molecule has 0 bridgehead atoms. The zero-order valence-corrected chi connectivity index (χ0v) is 74.8. The number of urea groups is 1. The third-order valence-electron chi connectivity index (χ3n) is 21.2. The van der Waals surface area contributed by atoms with E-state index in [1.807, 2.05) is 0 Å². The summed E-state index contributed by atoms with van der Waals surface area (Å²) in [5, 5.41) is 33.2. The van der Waals surface area contributed by atoms with Gasteiger partial charge in [0.2, 0.25) is 23.6 Å². The minimum Gasteiger partial charge on any atom is -0.368 e. The number of amides is 6. The molecule has 23 nitrogen and oxygen atoms in total. The lowest BCUT2D eigenvalue weighted by Gasteiger charge is -2.29. The van der Waals surface area contributed by atoms with E-state index < -0.39 is 73.5 Å². The number of unbranched alkanes of at least 4 members (excludes halogenated alkanes) is 44. The Kier molecular flexibility index (Phi) is 76.7. The smallest absolute Gasteiger partial charge is 0.368 e. The average Bonchev–Trinajstić information content (AvgIpc) is 0.876. The third kappa shape index (κ3) is 72.7. The molecule has 0 saturated carbocycles. The Labute approximate surface area is 685 Å². The van der Waals surface area contributed by atoms with Crippen LogP contribution in [-0.4, -0.2) is 172 Å². The van der Waals surface area contributed by atoms with Crippen LogP contribution in [0.3, 0.4) is 0 Å². The summed E-state index contributed by atoms with van der Waals surface area (Å²) in [6.45, 7) is 14.7. The highest BCUT2D eigenvalue weighted by molar-refractivity contribution is 7.54. The summed E-state index contributed by atoms with van der Waals surface area (Å²) >= 11 is 0. The molecular formula is C87H176N6O17P2+2. The first kappa shape index (κ1) is 110. The highest BCUT2D eigenvalue weighted by Gasteiger charge is 2.42. The van der Waals surface area contributed by atoms with Crippen molar-refractivity contribution >= 4 is 46.0 Å².